The average Bonchev–Trinajstić information content (AvgIpc) is 3.39. The van der Waals surface area contributed by atoms with Crippen LogP contribution in [0.1, 0.15) is 5.56 Å². The summed E-state index contributed by atoms with van der Waals surface area (Å²) in [7, 11) is 0. The minimum Gasteiger partial charge on any atom is -0.428 e. The molecule has 0 radical (unpaired) electrons. The lowest BCUT2D eigenvalue weighted by Gasteiger charge is -2.09. The van der Waals surface area contributed by atoms with Crippen molar-refractivity contribution in [2.24, 2.45) is 0 Å². The smallest absolute Gasteiger partial charge is 0.327 e. The van der Waals surface area contributed by atoms with Gasteiger partial charge in [0.05, 0.1) is 21.9 Å². The molecule has 0 saturated carbocycles. The third-order valence-corrected chi connectivity index (χ3v) is 4.86. The number of rotatable bonds is 5. The van der Waals surface area contributed by atoms with Crippen LogP contribution in [-0.2, 0) is 0 Å². The van der Waals surface area contributed by atoms with Crippen molar-refractivity contribution in [1.82, 2.24) is 24.9 Å². The Labute approximate surface area is 169 Å². The second kappa shape index (κ2) is 7.28. The number of thiazole rings is 1. The van der Waals surface area contributed by atoms with Gasteiger partial charge in [0.2, 0.25) is 11.8 Å². The Morgan fingerprint density at radius 3 is 2.90 bits per heavy atom. The molecule has 5 aromatic rings. The molecule has 0 bridgehead atoms. The second-order valence-corrected chi connectivity index (χ2v) is 7.10. The van der Waals surface area contributed by atoms with Crippen molar-refractivity contribution in [1.29, 1.82) is 0 Å². The zero-order valence-corrected chi connectivity index (χ0v) is 16.1. The Bertz CT molecular complexity index is 1290. The van der Waals surface area contributed by atoms with Crippen molar-refractivity contribution in [2.45, 2.75) is 6.92 Å². The number of anilines is 2. The molecule has 0 aliphatic heterocycles. The molecule has 5 rings (SSSR count). The maximum atomic E-state index is 5.94. The van der Waals surface area contributed by atoms with E-state index in [4.69, 9.17) is 9.15 Å². The van der Waals surface area contributed by atoms with Gasteiger partial charge in [-0.2, -0.15) is 15.0 Å². The molecule has 8 nitrogen and oxygen atoms in total. The number of hydrogen-bond acceptors (Lipinski definition) is 9. The summed E-state index contributed by atoms with van der Waals surface area (Å²) in [5.41, 5.74) is 4.68. The molecule has 0 spiro atoms. The summed E-state index contributed by atoms with van der Waals surface area (Å²) < 4.78 is 12.2. The lowest BCUT2D eigenvalue weighted by atomic mass is 10.1. The van der Waals surface area contributed by atoms with Gasteiger partial charge < -0.3 is 9.15 Å². The lowest BCUT2D eigenvalue weighted by molar-refractivity contribution is 0.442. The zero-order valence-electron chi connectivity index (χ0n) is 15.2. The first-order valence-electron chi connectivity index (χ1n) is 8.73. The van der Waals surface area contributed by atoms with Gasteiger partial charge >= 0.3 is 6.01 Å². The molecular weight excluding hydrogens is 388 g/mol. The fraction of sp³-hybridized carbons (Fsp3) is 0.0500. The molecule has 0 fully saturated rings. The monoisotopic (exact) mass is 402 g/mol. The number of fused-ring (bicyclic) bond motifs is 1. The van der Waals surface area contributed by atoms with Crippen molar-refractivity contribution >= 4 is 33.4 Å². The van der Waals surface area contributed by atoms with Gasteiger partial charge in [0.1, 0.15) is 5.75 Å². The predicted molar refractivity (Wildman–Crippen MR) is 109 cm³/mol. The van der Waals surface area contributed by atoms with Crippen LogP contribution < -0.4 is 10.1 Å². The van der Waals surface area contributed by atoms with E-state index in [0.29, 0.717) is 23.4 Å². The van der Waals surface area contributed by atoms with Crippen LogP contribution in [0.15, 0.2) is 65.0 Å². The standard InChI is InChI=1S/C20H14N6O2S/c1-12-3-2-4-13(7-12)18-24-19(23-17-9-21-10-27-17)26-20(25-18)28-14-5-6-15-16(8-14)29-11-22-15/h2-11H,1H3,(H,23,24,25,26). The summed E-state index contributed by atoms with van der Waals surface area (Å²) in [6.07, 6.45) is 2.86. The van der Waals surface area contributed by atoms with E-state index in [0.717, 1.165) is 21.3 Å². The SMILES string of the molecule is Cc1cccc(-c2nc(Nc3cnco3)nc(Oc3ccc4ncsc4c3)n2)c1. The van der Waals surface area contributed by atoms with E-state index in [1.807, 2.05) is 49.4 Å². The maximum absolute atomic E-state index is 5.94. The predicted octanol–water partition coefficient (Wildman–Crippen LogP) is 4.98. The van der Waals surface area contributed by atoms with Crippen molar-refractivity contribution in [3.63, 3.8) is 0 Å². The van der Waals surface area contributed by atoms with Crippen molar-refractivity contribution in [3.05, 3.63) is 66.1 Å². The van der Waals surface area contributed by atoms with Gasteiger partial charge in [-0.3, -0.25) is 5.32 Å². The van der Waals surface area contributed by atoms with Gasteiger partial charge in [0.15, 0.2) is 12.2 Å². The normalized spacial score (nSPS) is 10.9. The molecule has 0 atom stereocenters. The van der Waals surface area contributed by atoms with E-state index < -0.39 is 0 Å². The maximum Gasteiger partial charge on any atom is 0.327 e. The largest absolute Gasteiger partial charge is 0.428 e. The van der Waals surface area contributed by atoms with Gasteiger partial charge in [0.25, 0.3) is 0 Å². The fourth-order valence-corrected chi connectivity index (χ4v) is 3.47. The highest BCUT2D eigenvalue weighted by Crippen LogP contribution is 2.28. The quantitative estimate of drug-likeness (QED) is 0.439. The Hall–Kier alpha value is -3.85. The number of benzene rings is 2. The molecule has 1 N–H and O–H groups in total. The minimum atomic E-state index is 0.169. The Morgan fingerprint density at radius 1 is 1.07 bits per heavy atom. The summed E-state index contributed by atoms with van der Waals surface area (Å²) in [6.45, 7) is 2.01. The first-order valence-corrected chi connectivity index (χ1v) is 9.61. The summed E-state index contributed by atoms with van der Waals surface area (Å²) in [5, 5.41) is 2.98. The Kier molecular flexibility index (Phi) is 4.34. The second-order valence-electron chi connectivity index (χ2n) is 6.21. The lowest BCUT2D eigenvalue weighted by Crippen LogP contribution is -2.03. The Morgan fingerprint density at radius 2 is 2.03 bits per heavy atom. The van der Waals surface area contributed by atoms with E-state index >= 15 is 0 Å². The number of nitrogens with zero attached hydrogens (tertiary/aromatic N) is 5. The average molecular weight is 402 g/mol. The van der Waals surface area contributed by atoms with E-state index in [2.05, 4.69) is 30.2 Å². The van der Waals surface area contributed by atoms with Crippen molar-refractivity contribution in [3.8, 4) is 23.1 Å². The van der Waals surface area contributed by atoms with Gasteiger partial charge in [-0.15, -0.1) is 11.3 Å². The van der Waals surface area contributed by atoms with Crippen LogP contribution in [0.25, 0.3) is 21.6 Å². The van der Waals surface area contributed by atoms with Crippen LogP contribution in [0.3, 0.4) is 0 Å². The summed E-state index contributed by atoms with van der Waals surface area (Å²) in [6, 6.07) is 13.7. The number of oxazole rings is 1. The van der Waals surface area contributed by atoms with E-state index in [1.165, 1.54) is 12.6 Å². The number of aromatic nitrogens is 5. The minimum absolute atomic E-state index is 0.169. The first-order chi connectivity index (χ1) is 14.2. The van der Waals surface area contributed by atoms with Crippen LogP contribution in [-0.4, -0.2) is 24.9 Å². The molecule has 0 amide bonds. The topological polar surface area (TPSA) is 98.9 Å². The molecule has 0 saturated heterocycles. The fourth-order valence-electron chi connectivity index (χ4n) is 2.76. The van der Waals surface area contributed by atoms with Crippen LogP contribution in [0.4, 0.5) is 11.8 Å². The third-order valence-electron chi connectivity index (χ3n) is 4.07. The highest BCUT2D eigenvalue weighted by Gasteiger charge is 2.12. The molecule has 0 aliphatic carbocycles. The molecule has 0 aliphatic rings. The summed E-state index contributed by atoms with van der Waals surface area (Å²) >= 11 is 1.54. The van der Waals surface area contributed by atoms with Crippen LogP contribution in [0, 0.1) is 6.92 Å². The number of nitrogens with one attached hydrogen (secondary N) is 1. The van der Waals surface area contributed by atoms with Crippen molar-refractivity contribution < 1.29 is 9.15 Å². The van der Waals surface area contributed by atoms with Gasteiger partial charge in [-0.25, -0.2) is 9.97 Å². The molecule has 9 heteroatoms. The first kappa shape index (κ1) is 17.3. The highest BCUT2D eigenvalue weighted by molar-refractivity contribution is 7.16. The van der Waals surface area contributed by atoms with Crippen LogP contribution in [0.5, 0.6) is 11.8 Å². The number of ether oxygens (including phenoxy) is 1. The molecule has 3 aromatic heterocycles. The third kappa shape index (κ3) is 3.76. The molecule has 2 aromatic carbocycles. The molecular formula is C20H14N6O2S. The zero-order chi connectivity index (χ0) is 19.6. The van der Waals surface area contributed by atoms with Crippen molar-refractivity contribution in [2.75, 3.05) is 5.32 Å². The van der Waals surface area contributed by atoms with Gasteiger partial charge in [0, 0.05) is 11.6 Å². The molecule has 0 unspecified atom stereocenters. The Balaban J connectivity index is 1.54. The summed E-state index contributed by atoms with van der Waals surface area (Å²) in [4.78, 5) is 21.5. The molecule has 3 heterocycles. The van der Waals surface area contributed by atoms with E-state index in [9.17, 15) is 0 Å². The van der Waals surface area contributed by atoms with E-state index in [1.54, 1.807) is 16.8 Å². The molecule has 142 valence electrons. The summed E-state index contributed by atoms with van der Waals surface area (Å²) in [5.74, 6) is 1.82. The number of hydrogen-bond donors (Lipinski definition) is 1. The van der Waals surface area contributed by atoms with Crippen LogP contribution in [0.2, 0.25) is 0 Å². The van der Waals surface area contributed by atoms with E-state index in [-0.39, 0.29) is 6.01 Å². The number of aryl methyl sites for hydroxylation is 1. The van der Waals surface area contributed by atoms with Gasteiger partial charge in [-0.05, 0) is 25.1 Å². The van der Waals surface area contributed by atoms with Gasteiger partial charge in [-0.1, -0.05) is 23.8 Å². The molecule has 29 heavy (non-hydrogen) atoms. The van der Waals surface area contributed by atoms with Crippen LogP contribution >= 0.6 is 11.3 Å². The highest BCUT2D eigenvalue weighted by atomic mass is 32.1.